The number of hydrogen-bond acceptors (Lipinski definition) is 1. The maximum atomic E-state index is 6.00. The van der Waals surface area contributed by atoms with Gasteiger partial charge in [0.2, 0.25) is 0 Å². The van der Waals surface area contributed by atoms with E-state index in [4.69, 9.17) is 4.74 Å². The Morgan fingerprint density at radius 3 is 1.29 bits per heavy atom. The fourth-order valence-corrected chi connectivity index (χ4v) is 3.55. The fourth-order valence-electron chi connectivity index (χ4n) is 3.55. The standard InChI is InChI=1S/C23H48O/c1-5-7-8-9-10-11-12-13-14-15-16-17-18-19-21-23(20-6-2)24-22(3)4/h22-23H,5-21H2,1-4H3. The van der Waals surface area contributed by atoms with Crippen molar-refractivity contribution in [3.8, 4) is 0 Å². The van der Waals surface area contributed by atoms with Crippen LogP contribution in [0.4, 0.5) is 0 Å². The highest BCUT2D eigenvalue weighted by Gasteiger charge is 2.09. The summed E-state index contributed by atoms with van der Waals surface area (Å²) in [6.45, 7) is 8.88. The molecule has 0 aromatic heterocycles. The molecule has 0 spiro atoms. The third-order valence-electron chi connectivity index (χ3n) is 4.95. The van der Waals surface area contributed by atoms with E-state index in [-0.39, 0.29) is 0 Å². The summed E-state index contributed by atoms with van der Waals surface area (Å²) >= 11 is 0. The van der Waals surface area contributed by atoms with Crippen molar-refractivity contribution in [1.82, 2.24) is 0 Å². The van der Waals surface area contributed by atoms with Crippen molar-refractivity contribution in [2.24, 2.45) is 0 Å². The van der Waals surface area contributed by atoms with E-state index in [1.807, 2.05) is 0 Å². The first-order valence-electron chi connectivity index (χ1n) is 11.4. The van der Waals surface area contributed by atoms with Crippen molar-refractivity contribution >= 4 is 0 Å². The zero-order chi connectivity index (χ0) is 17.9. The molecule has 0 fully saturated rings. The summed E-state index contributed by atoms with van der Waals surface area (Å²) in [6, 6.07) is 0. The average molecular weight is 341 g/mol. The van der Waals surface area contributed by atoms with Gasteiger partial charge in [-0.1, -0.05) is 110 Å². The molecule has 0 aromatic carbocycles. The van der Waals surface area contributed by atoms with Crippen LogP contribution in [0.25, 0.3) is 0 Å². The summed E-state index contributed by atoms with van der Waals surface area (Å²) in [5.74, 6) is 0. The quantitative estimate of drug-likeness (QED) is 0.214. The molecule has 1 unspecified atom stereocenters. The van der Waals surface area contributed by atoms with Crippen molar-refractivity contribution < 1.29 is 4.74 Å². The van der Waals surface area contributed by atoms with Crippen LogP contribution in [-0.2, 0) is 4.74 Å². The molecule has 0 aliphatic heterocycles. The van der Waals surface area contributed by atoms with Crippen molar-refractivity contribution in [1.29, 1.82) is 0 Å². The van der Waals surface area contributed by atoms with Crippen LogP contribution >= 0.6 is 0 Å². The average Bonchev–Trinajstić information content (AvgIpc) is 2.54. The van der Waals surface area contributed by atoms with Crippen LogP contribution in [-0.4, -0.2) is 12.2 Å². The second kappa shape index (κ2) is 19.3. The molecule has 1 heteroatoms. The van der Waals surface area contributed by atoms with E-state index in [1.54, 1.807) is 0 Å². The molecule has 0 N–H and O–H groups in total. The molecule has 0 rings (SSSR count). The van der Waals surface area contributed by atoms with Crippen LogP contribution in [0.3, 0.4) is 0 Å². The Hall–Kier alpha value is -0.0400. The zero-order valence-corrected chi connectivity index (χ0v) is 17.6. The summed E-state index contributed by atoms with van der Waals surface area (Å²) in [5.41, 5.74) is 0. The van der Waals surface area contributed by atoms with E-state index in [2.05, 4.69) is 27.7 Å². The monoisotopic (exact) mass is 340 g/mol. The Bertz CT molecular complexity index is 224. The highest BCUT2D eigenvalue weighted by Crippen LogP contribution is 2.16. The molecule has 0 amide bonds. The van der Waals surface area contributed by atoms with Crippen LogP contribution in [0, 0.1) is 0 Å². The molecular formula is C23H48O. The normalized spacial score (nSPS) is 12.9. The van der Waals surface area contributed by atoms with Gasteiger partial charge in [-0.15, -0.1) is 0 Å². The lowest BCUT2D eigenvalue weighted by Gasteiger charge is -2.19. The number of unbranched alkanes of at least 4 members (excludes halogenated alkanes) is 13. The lowest BCUT2D eigenvalue weighted by molar-refractivity contribution is -0.00298. The van der Waals surface area contributed by atoms with E-state index in [0.29, 0.717) is 12.2 Å². The molecule has 0 aromatic rings. The largest absolute Gasteiger partial charge is 0.376 e. The van der Waals surface area contributed by atoms with Gasteiger partial charge in [0.1, 0.15) is 0 Å². The summed E-state index contributed by atoms with van der Waals surface area (Å²) in [4.78, 5) is 0. The smallest absolute Gasteiger partial charge is 0.0578 e. The van der Waals surface area contributed by atoms with Gasteiger partial charge >= 0.3 is 0 Å². The summed E-state index contributed by atoms with van der Waals surface area (Å²) in [7, 11) is 0. The first kappa shape index (κ1) is 24.0. The molecule has 0 saturated heterocycles. The molecule has 1 atom stereocenters. The molecule has 0 aliphatic carbocycles. The molecule has 0 aliphatic rings. The first-order valence-corrected chi connectivity index (χ1v) is 11.4. The van der Waals surface area contributed by atoms with Crippen molar-refractivity contribution in [3.63, 3.8) is 0 Å². The summed E-state index contributed by atoms with van der Waals surface area (Å²) < 4.78 is 6.00. The highest BCUT2D eigenvalue weighted by molar-refractivity contribution is 4.60. The van der Waals surface area contributed by atoms with Crippen molar-refractivity contribution in [3.05, 3.63) is 0 Å². The van der Waals surface area contributed by atoms with Crippen LogP contribution in [0.1, 0.15) is 137 Å². The Kier molecular flexibility index (Phi) is 19.3. The van der Waals surface area contributed by atoms with Crippen LogP contribution < -0.4 is 0 Å². The van der Waals surface area contributed by atoms with Gasteiger partial charge in [-0.3, -0.25) is 0 Å². The minimum Gasteiger partial charge on any atom is -0.376 e. The molecule has 0 bridgehead atoms. The Labute approximate surface area is 154 Å². The van der Waals surface area contributed by atoms with E-state index < -0.39 is 0 Å². The Morgan fingerprint density at radius 1 is 0.500 bits per heavy atom. The van der Waals surface area contributed by atoms with Crippen molar-refractivity contribution in [2.45, 2.75) is 149 Å². The number of hydrogen-bond donors (Lipinski definition) is 0. The van der Waals surface area contributed by atoms with Gasteiger partial charge in [0.25, 0.3) is 0 Å². The van der Waals surface area contributed by atoms with E-state index in [1.165, 1.54) is 109 Å². The SMILES string of the molecule is CCCCCCCCCCCCCCCCC(CCC)OC(C)C. The summed E-state index contributed by atoms with van der Waals surface area (Å²) in [5, 5.41) is 0. The molecule has 0 saturated carbocycles. The maximum Gasteiger partial charge on any atom is 0.0578 e. The first-order chi connectivity index (χ1) is 11.7. The lowest BCUT2D eigenvalue weighted by Crippen LogP contribution is -2.17. The number of rotatable bonds is 19. The van der Waals surface area contributed by atoms with E-state index in [9.17, 15) is 0 Å². The fraction of sp³-hybridized carbons (Fsp3) is 1.00. The second-order valence-corrected chi connectivity index (χ2v) is 7.98. The predicted octanol–water partition coefficient (Wildman–Crippen LogP) is 8.45. The third kappa shape index (κ3) is 18.3. The zero-order valence-electron chi connectivity index (χ0n) is 17.6. The number of ether oxygens (including phenoxy) is 1. The van der Waals surface area contributed by atoms with Crippen LogP contribution in [0.5, 0.6) is 0 Å². The third-order valence-corrected chi connectivity index (χ3v) is 4.95. The molecule has 146 valence electrons. The van der Waals surface area contributed by atoms with Gasteiger partial charge in [0, 0.05) is 0 Å². The van der Waals surface area contributed by atoms with E-state index in [0.717, 1.165) is 0 Å². The van der Waals surface area contributed by atoms with Gasteiger partial charge in [-0.2, -0.15) is 0 Å². The van der Waals surface area contributed by atoms with E-state index >= 15 is 0 Å². The maximum absolute atomic E-state index is 6.00. The highest BCUT2D eigenvalue weighted by atomic mass is 16.5. The van der Waals surface area contributed by atoms with Gasteiger partial charge in [-0.25, -0.2) is 0 Å². The van der Waals surface area contributed by atoms with Gasteiger partial charge in [0.05, 0.1) is 12.2 Å². The molecule has 1 nitrogen and oxygen atoms in total. The predicted molar refractivity (Wildman–Crippen MR) is 110 cm³/mol. The minimum absolute atomic E-state index is 0.383. The summed E-state index contributed by atoms with van der Waals surface area (Å²) in [6.07, 6.45) is 24.8. The van der Waals surface area contributed by atoms with Crippen LogP contribution in [0.15, 0.2) is 0 Å². The van der Waals surface area contributed by atoms with Crippen molar-refractivity contribution in [2.75, 3.05) is 0 Å². The molecule has 0 radical (unpaired) electrons. The van der Waals surface area contributed by atoms with Crippen LogP contribution in [0.2, 0.25) is 0 Å². The van der Waals surface area contributed by atoms with Gasteiger partial charge in [0.15, 0.2) is 0 Å². The molecule has 0 heterocycles. The van der Waals surface area contributed by atoms with Gasteiger partial charge < -0.3 is 4.74 Å². The lowest BCUT2D eigenvalue weighted by atomic mass is 10.0. The second-order valence-electron chi connectivity index (χ2n) is 7.98. The molecule has 24 heavy (non-hydrogen) atoms. The Morgan fingerprint density at radius 2 is 0.917 bits per heavy atom. The topological polar surface area (TPSA) is 9.23 Å². The minimum atomic E-state index is 0.383. The Balaban J connectivity index is 3.24. The molecular weight excluding hydrogens is 292 g/mol. The van der Waals surface area contributed by atoms with Gasteiger partial charge in [-0.05, 0) is 26.7 Å².